The van der Waals surface area contributed by atoms with E-state index in [4.69, 9.17) is 4.42 Å². The minimum atomic E-state index is -0.156. The second-order valence-corrected chi connectivity index (χ2v) is 4.94. The summed E-state index contributed by atoms with van der Waals surface area (Å²) < 4.78 is 5.21. The van der Waals surface area contributed by atoms with Crippen molar-refractivity contribution in [1.82, 2.24) is 4.98 Å². The van der Waals surface area contributed by atoms with Crippen LogP contribution in [0.15, 0.2) is 53.3 Å². The molecule has 0 saturated heterocycles. The number of aryl methyl sites for hydroxylation is 1. The molecule has 2 aromatic carbocycles. The van der Waals surface area contributed by atoms with E-state index in [1.165, 1.54) is 12.0 Å². The Hall–Kier alpha value is -2.62. The Morgan fingerprint density at radius 1 is 1.19 bits per heavy atom. The fourth-order valence-electron chi connectivity index (χ4n) is 2.24. The lowest BCUT2D eigenvalue weighted by atomic mass is 10.1. The molecule has 21 heavy (non-hydrogen) atoms. The predicted molar refractivity (Wildman–Crippen MR) is 82.4 cm³/mol. The molecule has 0 spiro atoms. The van der Waals surface area contributed by atoms with Gasteiger partial charge in [-0.25, -0.2) is 4.98 Å². The van der Waals surface area contributed by atoms with Crippen molar-refractivity contribution in [2.24, 2.45) is 0 Å². The average Bonchev–Trinajstić information content (AvgIpc) is 2.97. The molecule has 1 heterocycles. The Morgan fingerprint density at radius 3 is 2.76 bits per heavy atom. The van der Waals surface area contributed by atoms with Crippen molar-refractivity contribution in [3.8, 4) is 0 Å². The Kier molecular flexibility index (Phi) is 3.69. The summed E-state index contributed by atoms with van der Waals surface area (Å²) in [5.41, 5.74) is 3.98. The molecule has 0 aliphatic heterocycles. The average molecular weight is 280 g/mol. The Bertz CT molecular complexity index is 760. The quantitative estimate of drug-likeness (QED) is 0.785. The number of oxazole rings is 1. The molecule has 4 nitrogen and oxygen atoms in total. The summed E-state index contributed by atoms with van der Waals surface area (Å²) >= 11 is 0. The van der Waals surface area contributed by atoms with Gasteiger partial charge in [0.1, 0.15) is 5.52 Å². The number of anilines is 1. The molecule has 4 heteroatoms. The second kappa shape index (κ2) is 5.79. The zero-order chi connectivity index (χ0) is 14.7. The van der Waals surface area contributed by atoms with E-state index in [9.17, 15) is 4.79 Å². The number of nitrogens with one attached hydrogen (secondary N) is 1. The first-order chi connectivity index (χ1) is 10.3. The van der Waals surface area contributed by atoms with Gasteiger partial charge in [0.05, 0.1) is 0 Å². The monoisotopic (exact) mass is 280 g/mol. The molecule has 1 amide bonds. The number of aromatic nitrogens is 1. The number of nitrogens with zero attached hydrogens (tertiary/aromatic N) is 1. The van der Waals surface area contributed by atoms with E-state index in [2.05, 4.69) is 17.2 Å². The third-order valence-corrected chi connectivity index (χ3v) is 3.34. The first kappa shape index (κ1) is 13.4. The maximum Gasteiger partial charge on any atom is 0.255 e. The Balaban J connectivity index is 1.75. The van der Waals surface area contributed by atoms with Gasteiger partial charge >= 0.3 is 0 Å². The van der Waals surface area contributed by atoms with Crippen molar-refractivity contribution in [3.05, 3.63) is 60.0 Å². The number of carbonyl (C=O) groups excluding carboxylic acids is 1. The van der Waals surface area contributed by atoms with Crippen LogP contribution in [-0.2, 0) is 6.42 Å². The van der Waals surface area contributed by atoms with Crippen LogP contribution in [0.5, 0.6) is 0 Å². The molecule has 0 fully saturated rings. The highest BCUT2D eigenvalue weighted by Crippen LogP contribution is 2.16. The van der Waals surface area contributed by atoms with Crippen LogP contribution in [0.25, 0.3) is 11.1 Å². The van der Waals surface area contributed by atoms with Gasteiger partial charge in [0, 0.05) is 11.3 Å². The number of carbonyl (C=O) groups is 1. The van der Waals surface area contributed by atoms with Gasteiger partial charge in [-0.2, -0.15) is 0 Å². The standard InChI is InChI=1S/C17H16N2O2/c1-2-3-12-4-7-14(8-5-12)19-17(20)13-6-9-15-16(10-13)21-11-18-15/h4-11H,2-3H2,1H3,(H,19,20). The summed E-state index contributed by atoms with van der Waals surface area (Å²) in [4.78, 5) is 16.2. The second-order valence-electron chi connectivity index (χ2n) is 4.94. The molecule has 0 aliphatic carbocycles. The highest BCUT2D eigenvalue weighted by atomic mass is 16.3. The van der Waals surface area contributed by atoms with E-state index >= 15 is 0 Å². The largest absolute Gasteiger partial charge is 0.443 e. The smallest absolute Gasteiger partial charge is 0.255 e. The van der Waals surface area contributed by atoms with Gasteiger partial charge in [0.2, 0.25) is 0 Å². The van der Waals surface area contributed by atoms with E-state index < -0.39 is 0 Å². The van der Waals surface area contributed by atoms with Gasteiger partial charge in [-0.15, -0.1) is 0 Å². The van der Waals surface area contributed by atoms with Gasteiger partial charge in [0.15, 0.2) is 12.0 Å². The maximum absolute atomic E-state index is 12.2. The molecule has 0 unspecified atom stereocenters. The zero-order valence-electron chi connectivity index (χ0n) is 11.8. The van der Waals surface area contributed by atoms with Crippen molar-refractivity contribution in [2.45, 2.75) is 19.8 Å². The van der Waals surface area contributed by atoms with Crippen LogP contribution in [0.4, 0.5) is 5.69 Å². The van der Waals surface area contributed by atoms with E-state index in [0.29, 0.717) is 11.1 Å². The van der Waals surface area contributed by atoms with Gasteiger partial charge in [-0.3, -0.25) is 4.79 Å². The lowest BCUT2D eigenvalue weighted by molar-refractivity contribution is 0.102. The van der Waals surface area contributed by atoms with Gasteiger partial charge in [-0.1, -0.05) is 25.5 Å². The van der Waals surface area contributed by atoms with Gasteiger partial charge in [-0.05, 0) is 42.3 Å². The summed E-state index contributed by atoms with van der Waals surface area (Å²) in [6.45, 7) is 2.15. The van der Waals surface area contributed by atoms with Crippen molar-refractivity contribution in [2.75, 3.05) is 5.32 Å². The van der Waals surface area contributed by atoms with Crippen molar-refractivity contribution in [1.29, 1.82) is 0 Å². The van der Waals surface area contributed by atoms with Gasteiger partial charge in [0.25, 0.3) is 5.91 Å². The number of fused-ring (bicyclic) bond motifs is 1. The van der Waals surface area contributed by atoms with E-state index in [1.807, 2.05) is 24.3 Å². The molecule has 0 radical (unpaired) electrons. The van der Waals surface area contributed by atoms with Crippen LogP contribution >= 0.6 is 0 Å². The number of benzene rings is 2. The molecule has 1 N–H and O–H groups in total. The molecule has 1 aromatic heterocycles. The molecule has 0 bridgehead atoms. The van der Waals surface area contributed by atoms with E-state index in [1.54, 1.807) is 18.2 Å². The number of rotatable bonds is 4. The molecule has 0 saturated carbocycles. The molecular formula is C17H16N2O2. The Morgan fingerprint density at radius 2 is 2.00 bits per heavy atom. The zero-order valence-corrected chi connectivity index (χ0v) is 11.8. The summed E-state index contributed by atoms with van der Waals surface area (Å²) in [6.07, 6.45) is 3.54. The summed E-state index contributed by atoms with van der Waals surface area (Å²) in [5.74, 6) is -0.156. The van der Waals surface area contributed by atoms with Gasteiger partial charge < -0.3 is 9.73 Å². The van der Waals surface area contributed by atoms with Crippen LogP contribution in [0.1, 0.15) is 29.3 Å². The molecule has 0 atom stereocenters. The molecule has 3 rings (SSSR count). The molecule has 106 valence electrons. The lowest BCUT2D eigenvalue weighted by Gasteiger charge is -2.06. The fourth-order valence-corrected chi connectivity index (χ4v) is 2.24. The predicted octanol–water partition coefficient (Wildman–Crippen LogP) is 4.03. The number of hydrogen-bond acceptors (Lipinski definition) is 3. The summed E-state index contributed by atoms with van der Waals surface area (Å²) in [6, 6.07) is 13.1. The fraction of sp³-hybridized carbons (Fsp3) is 0.176. The van der Waals surface area contributed by atoms with E-state index in [0.717, 1.165) is 24.0 Å². The van der Waals surface area contributed by atoms with Crippen LogP contribution in [0.2, 0.25) is 0 Å². The highest BCUT2D eigenvalue weighted by Gasteiger charge is 2.08. The lowest BCUT2D eigenvalue weighted by Crippen LogP contribution is -2.11. The Labute approximate surface area is 122 Å². The highest BCUT2D eigenvalue weighted by molar-refractivity contribution is 6.05. The molecular weight excluding hydrogens is 264 g/mol. The van der Waals surface area contributed by atoms with Crippen LogP contribution in [-0.4, -0.2) is 10.9 Å². The van der Waals surface area contributed by atoms with E-state index in [-0.39, 0.29) is 5.91 Å². The van der Waals surface area contributed by atoms with Crippen molar-refractivity contribution >= 4 is 22.7 Å². The van der Waals surface area contributed by atoms with Crippen LogP contribution in [0.3, 0.4) is 0 Å². The molecule has 0 aliphatic rings. The first-order valence-corrected chi connectivity index (χ1v) is 7.00. The minimum absolute atomic E-state index is 0.156. The number of amides is 1. The normalized spacial score (nSPS) is 10.7. The van der Waals surface area contributed by atoms with Crippen LogP contribution < -0.4 is 5.32 Å². The first-order valence-electron chi connectivity index (χ1n) is 7.00. The third-order valence-electron chi connectivity index (χ3n) is 3.34. The third kappa shape index (κ3) is 2.94. The van der Waals surface area contributed by atoms with Crippen molar-refractivity contribution in [3.63, 3.8) is 0 Å². The summed E-state index contributed by atoms with van der Waals surface area (Å²) in [5, 5.41) is 2.88. The summed E-state index contributed by atoms with van der Waals surface area (Å²) in [7, 11) is 0. The SMILES string of the molecule is CCCc1ccc(NC(=O)c2ccc3ncoc3c2)cc1. The molecule has 3 aromatic rings. The number of hydrogen-bond donors (Lipinski definition) is 1. The minimum Gasteiger partial charge on any atom is -0.443 e. The topological polar surface area (TPSA) is 55.1 Å². The maximum atomic E-state index is 12.2. The van der Waals surface area contributed by atoms with Crippen LogP contribution in [0, 0.1) is 0 Å². The van der Waals surface area contributed by atoms with Crippen molar-refractivity contribution < 1.29 is 9.21 Å².